The summed E-state index contributed by atoms with van der Waals surface area (Å²) in [7, 11) is 1.62. The van der Waals surface area contributed by atoms with E-state index in [2.05, 4.69) is 20.4 Å². The Labute approximate surface area is 202 Å². The highest BCUT2D eigenvalue weighted by atomic mass is 16.5. The molecule has 35 heavy (non-hydrogen) atoms. The molecule has 0 radical (unpaired) electrons. The molecule has 5 rings (SSSR count). The van der Waals surface area contributed by atoms with Crippen LogP contribution in [0.4, 0.5) is 5.69 Å². The van der Waals surface area contributed by atoms with Gasteiger partial charge in [-0.15, -0.1) is 0 Å². The van der Waals surface area contributed by atoms with E-state index in [0.717, 1.165) is 28.1 Å². The Kier molecular flexibility index (Phi) is 6.34. The zero-order chi connectivity index (χ0) is 24.0. The van der Waals surface area contributed by atoms with E-state index in [1.807, 2.05) is 89.6 Å². The number of nitrogens with zero attached hydrogens (tertiary/aromatic N) is 4. The van der Waals surface area contributed by atoms with E-state index < -0.39 is 0 Å². The highest BCUT2D eigenvalue weighted by Gasteiger charge is 2.13. The summed E-state index contributed by atoms with van der Waals surface area (Å²) in [5, 5.41) is 7.00. The van der Waals surface area contributed by atoms with Crippen molar-refractivity contribution in [1.29, 1.82) is 0 Å². The van der Waals surface area contributed by atoms with Crippen molar-refractivity contribution in [1.82, 2.24) is 19.7 Å². The molecular weight excluding hydrogens is 442 g/mol. The molecule has 5 aromatic rings. The lowest BCUT2D eigenvalue weighted by atomic mass is 10.1. The molecule has 0 aliphatic rings. The highest BCUT2D eigenvalue weighted by molar-refractivity contribution is 5.92. The molecule has 1 N–H and O–H groups in total. The number of aromatic nitrogens is 4. The van der Waals surface area contributed by atoms with Crippen LogP contribution < -0.4 is 10.1 Å². The van der Waals surface area contributed by atoms with Crippen molar-refractivity contribution < 1.29 is 14.1 Å². The third kappa shape index (κ3) is 5.44. The lowest BCUT2D eigenvalue weighted by Gasteiger charge is -2.07. The lowest BCUT2D eigenvalue weighted by molar-refractivity contribution is -0.115. The van der Waals surface area contributed by atoms with E-state index in [0.29, 0.717) is 30.4 Å². The van der Waals surface area contributed by atoms with Crippen LogP contribution in [0.25, 0.3) is 23.0 Å². The summed E-state index contributed by atoms with van der Waals surface area (Å²) in [5.74, 6) is 1.56. The molecule has 0 spiro atoms. The van der Waals surface area contributed by atoms with Crippen molar-refractivity contribution in [2.45, 2.75) is 13.0 Å². The maximum absolute atomic E-state index is 12.3. The van der Waals surface area contributed by atoms with E-state index >= 15 is 0 Å². The zero-order valence-corrected chi connectivity index (χ0v) is 19.1. The number of rotatable bonds is 8. The number of carbonyl (C=O) groups excluding carboxylic acids is 1. The van der Waals surface area contributed by atoms with Crippen LogP contribution in [0, 0.1) is 0 Å². The smallest absolute Gasteiger partial charge is 0.278 e. The molecule has 0 unspecified atom stereocenters. The summed E-state index contributed by atoms with van der Waals surface area (Å²) < 4.78 is 12.5. The van der Waals surface area contributed by atoms with Crippen LogP contribution in [0.2, 0.25) is 0 Å². The first kappa shape index (κ1) is 22.1. The van der Waals surface area contributed by atoms with Crippen LogP contribution in [-0.4, -0.2) is 32.7 Å². The van der Waals surface area contributed by atoms with Gasteiger partial charge in [-0.05, 0) is 47.5 Å². The van der Waals surface area contributed by atoms with Crippen molar-refractivity contribution >= 4 is 11.6 Å². The van der Waals surface area contributed by atoms with E-state index in [9.17, 15) is 4.79 Å². The standard InChI is InChI=1S/C27H23N5O3/c1-34-23-13-9-21(10-14-23)26-30-27(35-31-26)24-17-32(18-28-24)16-20-7-11-22(12-8-20)29-25(33)15-19-5-3-2-4-6-19/h2-14,17-18H,15-16H2,1H3,(H,29,33). The van der Waals surface area contributed by atoms with E-state index in [-0.39, 0.29) is 5.91 Å². The van der Waals surface area contributed by atoms with E-state index in [1.165, 1.54) is 0 Å². The van der Waals surface area contributed by atoms with Gasteiger partial charge >= 0.3 is 0 Å². The largest absolute Gasteiger partial charge is 0.497 e. The first-order valence-corrected chi connectivity index (χ1v) is 11.1. The number of amides is 1. The van der Waals surface area contributed by atoms with Crippen LogP contribution in [0.5, 0.6) is 5.75 Å². The first-order chi connectivity index (χ1) is 17.2. The molecule has 8 heteroatoms. The lowest BCUT2D eigenvalue weighted by Crippen LogP contribution is -2.14. The number of anilines is 1. The fourth-order valence-corrected chi connectivity index (χ4v) is 3.63. The molecule has 2 heterocycles. The van der Waals surface area contributed by atoms with Crippen molar-refractivity contribution in [3.05, 3.63) is 103 Å². The normalized spacial score (nSPS) is 10.8. The molecule has 174 valence electrons. The summed E-state index contributed by atoms with van der Waals surface area (Å²) in [6.07, 6.45) is 3.93. The molecule has 0 saturated heterocycles. The number of ether oxygens (including phenoxy) is 1. The summed E-state index contributed by atoms with van der Waals surface area (Å²) in [5.41, 5.74) is 4.24. The predicted molar refractivity (Wildman–Crippen MR) is 132 cm³/mol. The molecule has 0 aliphatic carbocycles. The van der Waals surface area contributed by atoms with Gasteiger partial charge in [0.2, 0.25) is 11.7 Å². The van der Waals surface area contributed by atoms with Gasteiger partial charge in [0.05, 0.1) is 19.9 Å². The summed E-state index contributed by atoms with van der Waals surface area (Å²) in [6, 6.07) is 24.9. The molecule has 0 fully saturated rings. The van der Waals surface area contributed by atoms with Gasteiger partial charge < -0.3 is 19.1 Å². The van der Waals surface area contributed by atoms with Crippen molar-refractivity contribution in [3.63, 3.8) is 0 Å². The average Bonchev–Trinajstić information content (AvgIpc) is 3.56. The Hall–Kier alpha value is -4.72. The third-order valence-electron chi connectivity index (χ3n) is 5.44. The molecule has 1 amide bonds. The van der Waals surface area contributed by atoms with Crippen molar-refractivity contribution in [2.24, 2.45) is 0 Å². The number of imidazole rings is 1. The van der Waals surface area contributed by atoms with Gasteiger partial charge in [-0.3, -0.25) is 4.79 Å². The van der Waals surface area contributed by atoms with Gasteiger partial charge in [0.15, 0.2) is 0 Å². The van der Waals surface area contributed by atoms with Crippen LogP contribution in [0.1, 0.15) is 11.1 Å². The number of methoxy groups -OCH3 is 1. The molecule has 0 atom stereocenters. The summed E-state index contributed by atoms with van der Waals surface area (Å²) in [4.78, 5) is 21.1. The van der Waals surface area contributed by atoms with Gasteiger partial charge in [-0.1, -0.05) is 47.6 Å². The number of hydrogen-bond donors (Lipinski definition) is 1. The van der Waals surface area contributed by atoms with Crippen molar-refractivity contribution in [3.8, 4) is 28.7 Å². The Morgan fingerprint density at radius 3 is 2.49 bits per heavy atom. The second kappa shape index (κ2) is 10.0. The van der Waals surface area contributed by atoms with Gasteiger partial charge in [-0.2, -0.15) is 4.98 Å². The second-order valence-electron chi connectivity index (χ2n) is 7.99. The van der Waals surface area contributed by atoms with Crippen molar-refractivity contribution in [2.75, 3.05) is 12.4 Å². The van der Waals surface area contributed by atoms with E-state index in [4.69, 9.17) is 9.26 Å². The number of hydrogen-bond acceptors (Lipinski definition) is 6. The van der Waals surface area contributed by atoms with Crippen LogP contribution in [-0.2, 0) is 17.8 Å². The first-order valence-electron chi connectivity index (χ1n) is 11.1. The van der Waals surface area contributed by atoms with Gasteiger partial charge in [0.25, 0.3) is 5.89 Å². The molecule has 3 aromatic carbocycles. The minimum atomic E-state index is -0.0447. The third-order valence-corrected chi connectivity index (χ3v) is 5.44. The number of carbonyl (C=O) groups is 1. The summed E-state index contributed by atoms with van der Waals surface area (Å²) in [6.45, 7) is 0.616. The minimum absolute atomic E-state index is 0.0447. The molecule has 0 bridgehead atoms. The Balaban J connectivity index is 1.20. The minimum Gasteiger partial charge on any atom is -0.497 e. The highest BCUT2D eigenvalue weighted by Crippen LogP contribution is 2.23. The Bertz CT molecular complexity index is 1410. The van der Waals surface area contributed by atoms with Gasteiger partial charge in [0, 0.05) is 24.0 Å². The predicted octanol–water partition coefficient (Wildman–Crippen LogP) is 4.84. The monoisotopic (exact) mass is 465 g/mol. The van der Waals surface area contributed by atoms with Crippen LogP contribution >= 0.6 is 0 Å². The molecule has 2 aromatic heterocycles. The maximum atomic E-state index is 12.3. The fourth-order valence-electron chi connectivity index (χ4n) is 3.63. The second-order valence-corrected chi connectivity index (χ2v) is 7.99. The average molecular weight is 466 g/mol. The number of nitrogens with one attached hydrogen (secondary N) is 1. The fraction of sp³-hybridized carbons (Fsp3) is 0.111. The van der Waals surface area contributed by atoms with Gasteiger partial charge in [-0.25, -0.2) is 4.98 Å². The Morgan fingerprint density at radius 2 is 1.74 bits per heavy atom. The molecule has 0 aliphatic heterocycles. The molecule has 0 saturated carbocycles. The molecular formula is C27H23N5O3. The summed E-state index contributed by atoms with van der Waals surface area (Å²) >= 11 is 0. The topological polar surface area (TPSA) is 95.1 Å². The zero-order valence-electron chi connectivity index (χ0n) is 19.1. The van der Waals surface area contributed by atoms with Crippen LogP contribution in [0.15, 0.2) is 95.9 Å². The molecule has 8 nitrogen and oxygen atoms in total. The SMILES string of the molecule is COc1ccc(-c2noc(-c3cn(Cc4ccc(NC(=O)Cc5ccccc5)cc4)cn3)n2)cc1. The quantitative estimate of drug-likeness (QED) is 0.352. The van der Waals surface area contributed by atoms with E-state index in [1.54, 1.807) is 13.4 Å². The Morgan fingerprint density at radius 1 is 0.971 bits per heavy atom. The maximum Gasteiger partial charge on any atom is 0.278 e. The number of benzene rings is 3. The van der Waals surface area contributed by atoms with Crippen LogP contribution in [0.3, 0.4) is 0 Å². The van der Waals surface area contributed by atoms with Gasteiger partial charge in [0.1, 0.15) is 11.4 Å².